The lowest BCUT2D eigenvalue weighted by molar-refractivity contribution is -0.136. The van der Waals surface area contributed by atoms with Gasteiger partial charge in [-0.25, -0.2) is 18.4 Å². The van der Waals surface area contributed by atoms with Crippen LogP contribution < -0.4 is 15.5 Å². The molecule has 8 nitrogen and oxygen atoms in total. The molecular formula is C21H25F2N3O5S. The summed E-state index contributed by atoms with van der Waals surface area (Å²) in [7, 11) is 1.35. The van der Waals surface area contributed by atoms with Gasteiger partial charge in [-0.05, 0) is 45.5 Å². The van der Waals surface area contributed by atoms with Gasteiger partial charge in [0, 0.05) is 37.7 Å². The number of thiocarbonyl (C=S) groups is 1. The van der Waals surface area contributed by atoms with Crippen molar-refractivity contribution in [2.45, 2.75) is 46.6 Å². The molecule has 0 bridgehead atoms. The minimum Gasteiger partial charge on any atom is -0.462 e. The molecule has 0 heterocycles. The number of allylic oxidation sites excluding steroid dienone is 1. The molecule has 0 aliphatic heterocycles. The Labute approximate surface area is 189 Å². The maximum absolute atomic E-state index is 14.9. The number of hydrogen-bond donors (Lipinski definition) is 2. The molecule has 0 radical (unpaired) electrons. The van der Waals surface area contributed by atoms with E-state index in [2.05, 4.69) is 10.6 Å². The van der Waals surface area contributed by atoms with Crippen LogP contribution in [0.1, 0.15) is 45.7 Å². The summed E-state index contributed by atoms with van der Waals surface area (Å²) in [4.78, 5) is 37.5. The third kappa shape index (κ3) is 5.58. The molecule has 1 aromatic carbocycles. The topological polar surface area (TPSA) is 97.0 Å². The van der Waals surface area contributed by atoms with E-state index in [0.717, 1.165) is 11.0 Å². The zero-order valence-electron chi connectivity index (χ0n) is 18.6. The molecule has 2 rings (SSSR count). The van der Waals surface area contributed by atoms with Crippen LogP contribution in [-0.2, 0) is 25.5 Å². The van der Waals surface area contributed by atoms with Crippen molar-refractivity contribution in [1.29, 1.82) is 0 Å². The van der Waals surface area contributed by atoms with Crippen molar-refractivity contribution in [3.8, 4) is 0 Å². The monoisotopic (exact) mass is 469 g/mol. The molecule has 1 aliphatic rings. The predicted octanol–water partition coefficient (Wildman–Crippen LogP) is 3.18. The number of carbonyl (C=O) groups excluding carboxylic acids is 3. The highest BCUT2D eigenvalue weighted by Gasteiger charge is 2.36. The summed E-state index contributed by atoms with van der Waals surface area (Å²) in [6.07, 6.45) is -0.901. The Morgan fingerprint density at radius 1 is 1.25 bits per heavy atom. The van der Waals surface area contributed by atoms with Gasteiger partial charge in [-0.15, -0.1) is 0 Å². The number of anilines is 1. The fourth-order valence-electron chi connectivity index (χ4n) is 3.10. The molecular weight excluding hydrogens is 444 g/mol. The first-order valence-electron chi connectivity index (χ1n) is 9.73. The molecule has 0 saturated carbocycles. The first kappa shape index (κ1) is 25.2. The van der Waals surface area contributed by atoms with Gasteiger partial charge in [-0.3, -0.25) is 9.69 Å². The normalized spacial score (nSPS) is 12.8. The van der Waals surface area contributed by atoms with E-state index < -0.39 is 35.2 Å². The fraction of sp³-hybridized carbons (Fsp3) is 0.429. The average molecular weight is 470 g/mol. The molecule has 1 aromatic rings. The smallest absolute Gasteiger partial charge is 0.414 e. The molecule has 32 heavy (non-hydrogen) atoms. The van der Waals surface area contributed by atoms with Crippen LogP contribution >= 0.6 is 12.2 Å². The van der Waals surface area contributed by atoms with E-state index in [1.54, 1.807) is 27.7 Å². The number of rotatable bonds is 4. The quantitative estimate of drug-likeness (QED) is 0.516. The van der Waals surface area contributed by atoms with Gasteiger partial charge in [0.15, 0.2) is 16.7 Å². The van der Waals surface area contributed by atoms with Gasteiger partial charge in [0.05, 0.1) is 17.9 Å². The number of ether oxygens (including phenoxy) is 2. The summed E-state index contributed by atoms with van der Waals surface area (Å²) in [5.74, 6) is -3.90. The van der Waals surface area contributed by atoms with Crippen molar-refractivity contribution >= 4 is 46.6 Å². The minimum absolute atomic E-state index is 0.0112. The zero-order chi connectivity index (χ0) is 24.4. The molecule has 0 spiro atoms. The van der Waals surface area contributed by atoms with Crippen molar-refractivity contribution in [3.05, 3.63) is 34.5 Å². The van der Waals surface area contributed by atoms with Crippen LogP contribution in [0.4, 0.5) is 19.3 Å². The molecule has 1 aliphatic carbocycles. The number of nitrogens with one attached hydrogen (secondary N) is 2. The van der Waals surface area contributed by atoms with Crippen molar-refractivity contribution < 1.29 is 32.6 Å². The van der Waals surface area contributed by atoms with E-state index in [1.807, 2.05) is 0 Å². The number of carbonyl (C=O) groups is 3. The average Bonchev–Trinajstić information content (AvgIpc) is 3.01. The second-order valence-electron chi connectivity index (χ2n) is 7.97. The van der Waals surface area contributed by atoms with Gasteiger partial charge < -0.3 is 20.1 Å². The largest absolute Gasteiger partial charge is 0.462 e. The van der Waals surface area contributed by atoms with Gasteiger partial charge >= 0.3 is 12.1 Å². The van der Waals surface area contributed by atoms with Crippen molar-refractivity contribution in [2.75, 3.05) is 18.6 Å². The van der Waals surface area contributed by atoms with E-state index >= 15 is 0 Å². The number of esters is 1. The molecule has 2 amide bonds. The summed E-state index contributed by atoms with van der Waals surface area (Å²) in [5.41, 5.74) is -1.17. The summed E-state index contributed by atoms with van der Waals surface area (Å²) in [6, 6.07) is 0.857. The molecule has 2 N–H and O–H groups in total. The number of halogens is 2. The molecule has 174 valence electrons. The Kier molecular flexibility index (Phi) is 7.55. The predicted molar refractivity (Wildman–Crippen MR) is 118 cm³/mol. The Bertz CT molecular complexity index is 1020. The highest BCUT2D eigenvalue weighted by molar-refractivity contribution is 7.80. The highest BCUT2D eigenvalue weighted by Crippen LogP contribution is 2.41. The first-order valence-corrected chi connectivity index (χ1v) is 10.1. The third-order valence-corrected chi connectivity index (χ3v) is 4.48. The number of amides is 2. The van der Waals surface area contributed by atoms with Crippen molar-refractivity contribution in [2.24, 2.45) is 0 Å². The molecule has 11 heteroatoms. The summed E-state index contributed by atoms with van der Waals surface area (Å²) in [6.45, 7) is 7.79. The third-order valence-electron chi connectivity index (χ3n) is 4.27. The Morgan fingerprint density at radius 2 is 1.88 bits per heavy atom. The lowest BCUT2D eigenvalue weighted by atomic mass is 10.0. The van der Waals surface area contributed by atoms with Crippen LogP contribution in [0.15, 0.2) is 11.8 Å². The minimum atomic E-state index is -1.27. The van der Waals surface area contributed by atoms with E-state index in [4.69, 9.17) is 21.7 Å². The molecule has 0 fully saturated rings. The van der Waals surface area contributed by atoms with Gasteiger partial charge in [-0.2, -0.15) is 0 Å². The molecule has 0 aromatic heterocycles. The van der Waals surface area contributed by atoms with Crippen molar-refractivity contribution in [3.63, 3.8) is 0 Å². The molecule has 0 atom stereocenters. The van der Waals surface area contributed by atoms with Gasteiger partial charge in [0.2, 0.25) is 5.91 Å². The maximum atomic E-state index is 14.9. The van der Waals surface area contributed by atoms with Gasteiger partial charge in [-0.1, -0.05) is 0 Å². The van der Waals surface area contributed by atoms with E-state index in [0.29, 0.717) is 0 Å². The van der Waals surface area contributed by atoms with E-state index in [-0.39, 0.29) is 46.2 Å². The fourth-order valence-corrected chi connectivity index (χ4v) is 3.36. The molecule has 0 saturated heterocycles. The maximum Gasteiger partial charge on any atom is 0.414 e. The Hall–Kier alpha value is -3.08. The lowest BCUT2D eigenvalue weighted by Gasteiger charge is -2.26. The first-order chi connectivity index (χ1) is 14.8. The van der Waals surface area contributed by atoms with Gasteiger partial charge in [0.25, 0.3) is 0 Å². The Morgan fingerprint density at radius 3 is 2.41 bits per heavy atom. The molecule has 0 unspecified atom stereocenters. The Balaban J connectivity index is 2.60. The highest BCUT2D eigenvalue weighted by atomic mass is 32.1. The zero-order valence-corrected chi connectivity index (χ0v) is 19.5. The van der Waals surface area contributed by atoms with Crippen molar-refractivity contribution in [1.82, 2.24) is 10.6 Å². The standard InChI is InChI=1S/C21H25F2N3O5S/c1-7-30-18(28)16-13(25-19(32)24-10(2)27)8-11-14(9-12(22)17(23)15(11)16)26(6)20(29)31-21(3,4)5/h9H,7-8H2,1-6H3,(H2,24,25,27,32). The van der Waals surface area contributed by atoms with Crippen LogP contribution in [-0.4, -0.2) is 42.3 Å². The van der Waals surface area contributed by atoms with Crippen LogP contribution in [0.5, 0.6) is 0 Å². The number of fused-ring (bicyclic) bond motifs is 1. The number of nitrogens with zero attached hydrogens (tertiary/aromatic N) is 1. The summed E-state index contributed by atoms with van der Waals surface area (Å²) >= 11 is 5.04. The van der Waals surface area contributed by atoms with Crippen LogP contribution in [0.3, 0.4) is 0 Å². The van der Waals surface area contributed by atoms with E-state index in [1.165, 1.54) is 14.0 Å². The summed E-state index contributed by atoms with van der Waals surface area (Å²) < 4.78 is 39.8. The SMILES string of the molecule is CCOC(=O)C1=C(NC(=S)NC(C)=O)Cc2c(N(C)C(=O)OC(C)(C)C)cc(F)c(F)c21. The van der Waals surface area contributed by atoms with Crippen LogP contribution in [0.25, 0.3) is 5.57 Å². The van der Waals surface area contributed by atoms with Gasteiger partial charge in [0.1, 0.15) is 5.60 Å². The second kappa shape index (κ2) is 9.60. The van der Waals surface area contributed by atoms with Crippen LogP contribution in [0, 0.1) is 11.6 Å². The second-order valence-corrected chi connectivity index (χ2v) is 8.38. The number of hydrogen-bond acceptors (Lipinski definition) is 6. The van der Waals surface area contributed by atoms with Crippen LogP contribution in [0.2, 0.25) is 0 Å². The summed E-state index contributed by atoms with van der Waals surface area (Å²) in [5, 5.41) is 4.89. The van der Waals surface area contributed by atoms with E-state index in [9.17, 15) is 23.2 Å². The number of benzene rings is 1. The lowest BCUT2D eigenvalue weighted by Crippen LogP contribution is -2.38.